The maximum absolute atomic E-state index is 13.7. The van der Waals surface area contributed by atoms with Gasteiger partial charge in [0.1, 0.15) is 11.6 Å². The number of hydrogen-bond donors (Lipinski definition) is 0. The standard InChI is InChI=1S/C17H16F2N2/c1-10-3-14(18)5-12-7-21-9-20(16(10)12)8-13-6-15(19)4-11(2)17(13)21/h3-6H,7-9H2,1-2H3. The van der Waals surface area contributed by atoms with Crippen LogP contribution in [0.25, 0.3) is 0 Å². The van der Waals surface area contributed by atoms with Crippen molar-refractivity contribution in [3.8, 4) is 0 Å². The maximum atomic E-state index is 13.7. The molecule has 2 heterocycles. The Hall–Kier alpha value is -2.10. The van der Waals surface area contributed by atoms with Crippen molar-refractivity contribution in [1.82, 2.24) is 0 Å². The van der Waals surface area contributed by atoms with Crippen molar-refractivity contribution in [2.75, 3.05) is 16.5 Å². The SMILES string of the molecule is Cc1cc(F)cc2c1N1Cc3cc(F)cc(C)c3N(C2)C1. The first-order valence-corrected chi connectivity index (χ1v) is 7.11. The van der Waals surface area contributed by atoms with Crippen LogP contribution in [0.4, 0.5) is 20.2 Å². The maximum Gasteiger partial charge on any atom is 0.123 e. The number of benzene rings is 2. The highest BCUT2D eigenvalue weighted by atomic mass is 19.1. The van der Waals surface area contributed by atoms with Gasteiger partial charge in [0.25, 0.3) is 0 Å². The Morgan fingerprint density at radius 2 is 1.19 bits per heavy atom. The first kappa shape index (κ1) is 12.6. The van der Waals surface area contributed by atoms with Crippen LogP contribution in [0, 0.1) is 25.5 Å². The summed E-state index contributed by atoms with van der Waals surface area (Å²) >= 11 is 0. The number of nitrogens with zero attached hydrogens (tertiary/aromatic N) is 2. The molecule has 4 rings (SSSR count). The highest BCUT2D eigenvalue weighted by Gasteiger charge is 2.31. The van der Waals surface area contributed by atoms with Crippen molar-refractivity contribution >= 4 is 11.4 Å². The van der Waals surface area contributed by atoms with Crippen LogP contribution in [0.3, 0.4) is 0 Å². The van der Waals surface area contributed by atoms with Gasteiger partial charge < -0.3 is 9.80 Å². The molecular formula is C17H16F2N2. The summed E-state index contributed by atoms with van der Waals surface area (Å²) in [5.41, 5.74) is 6.10. The highest BCUT2D eigenvalue weighted by molar-refractivity contribution is 5.71. The fourth-order valence-electron chi connectivity index (χ4n) is 3.77. The molecule has 0 unspecified atom stereocenters. The molecule has 2 aromatic carbocycles. The lowest BCUT2D eigenvalue weighted by atomic mass is 9.97. The number of fused-ring (bicyclic) bond motifs is 6. The van der Waals surface area contributed by atoms with E-state index in [4.69, 9.17) is 0 Å². The summed E-state index contributed by atoms with van der Waals surface area (Å²) in [6.07, 6.45) is 0. The van der Waals surface area contributed by atoms with Gasteiger partial charge in [-0.1, -0.05) is 0 Å². The Labute approximate surface area is 122 Å². The van der Waals surface area contributed by atoms with Gasteiger partial charge in [-0.05, 0) is 60.4 Å². The molecule has 0 N–H and O–H groups in total. The Kier molecular flexibility index (Phi) is 2.52. The molecule has 0 saturated carbocycles. The zero-order chi connectivity index (χ0) is 14.7. The van der Waals surface area contributed by atoms with Crippen molar-refractivity contribution in [3.05, 3.63) is 58.2 Å². The molecule has 2 nitrogen and oxygen atoms in total. The molecule has 21 heavy (non-hydrogen) atoms. The Morgan fingerprint density at radius 1 is 0.762 bits per heavy atom. The van der Waals surface area contributed by atoms with Crippen molar-refractivity contribution in [3.63, 3.8) is 0 Å². The second-order valence-electron chi connectivity index (χ2n) is 6.00. The molecule has 2 bridgehead atoms. The van der Waals surface area contributed by atoms with Gasteiger partial charge in [0.15, 0.2) is 0 Å². The molecule has 0 spiro atoms. The number of anilines is 2. The highest BCUT2D eigenvalue weighted by Crippen LogP contribution is 2.41. The summed E-state index contributed by atoms with van der Waals surface area (Å²) in [6.45, 7) is 5.99. The molecule has 2 aromatic rings. The lowest BCUT2D eigenvalue weighted by Crippen LogP contribution is -2.46. The molecule has 0 fully saturated rings. The van der Waals surface area contributed by atoms with Crippen molar-refractivity contribution in [1.29, 1.82) is 0 Å². The van der Waals surface area contributed by atoms with Gasteiger partial charge in [0.05, 0.1) is 6.67 Å². The van der Waals surface area contributed by atoms with Crippen LogP contribution in [0.2, 0.25) is 0 Å². The molecule has 0 aliphatic carbocycles. The zero-order valence-corrected chi connectivity index (χ0v) is 12.1. The molecule has 0 saturated heterocycles. The van der Waals surface area contributed by atoms with E-state index in [0.717, 1.165) is 40.3 Å². The average Bonchev–Trinajstić information content (AvgIpc) is 2.35. The lowest BCUT2D eigenvalue weighted by Gasteiger charge is -2.46. The van der Waals surface area contributed by atoms with E-state index in [1.54, 1.807) is 24.3 Å². The summed E-state index contributed by atoms with van der Waals surface area (Å²) in [5.74, 6) is -0.380. The van der Waals surface area contributed by atoms with Gasteiger partial charge in [0.2, 0.25) is 0 Å². The van der Waals surface area contributed by atoms with Gasteiger partial charge in [0, 0.05) is 24.5 Å². The summed E-state index contributed by atoms with van der Waals surface area (Å²) < 4.78 is 27.3. The number of rotatable bonds is 0. The topological polar surface area (TPSA) is 6.48 Å². The fourth-order valence-corrected chi connectivity index (χ4v) is 3.77. The Balaban J connectivity index is 1.89. The third-order valence-corrected chi connectivity index (χ3v) is 4.38. The van der Waals surface area contributed by atoms with Gasteiger partial charge in [-0.3, -0.25) is 0 Å². The zero-order valence-electron chi connectivity index (χ0n) is 12.1. The van der Waals surface area contributed by atoms with Gasteiger partial charge in [-0.15, -0.1) is 0 Å². The molecule has 0 atom stereocenters. The number of halogens is 2. The predicted molar refractivity (Wildman–Crippen MR) is 79.5 cm³/mol. The second kappa shape index (κ2) is 4.20. The quantitative estimate of drug-likeness (QED) is 0.725. The van der Waals surface area contributed by atoms with Crippen LogP contribution in [-0.2, 0) is 13.1 Å². The van der Waals surface area contributed by atoms with E-state index < -0.39 is 0 Å². The smallest absolute Gasteiger partial charge is 0.123 e. The van der Waals surface area contributed by atoms with E-state index in [-0.39, 0.29) is 11.6 Å². The summed E-state index contributed by atoms with van der Waals surface area (Å²) in [7, 11) is 0. The van der Waals surface area contributed by atoms with Crippen LogP contribution in [0.15, 0.2) is 24.3 Å². The fraction of sp³-hybridized carbons (Fsp3) is 0.294. The van der Waals surface area contributed by atoms with Gasteiger partial charge in [-0.25, -0.2) is 8.78 Å². The van der Waals surface area contributed by atoms with Crippen LogP contribution in [-0.4, -0.2) is 6.67 Å². The van der Waals surface area contributed by atoms with E-state index >= 15 is 0 Å². The largest absolute Gasteiger partial charge is 0.349 e. The normalized spacial score (nSPS) is 15.8. The van der Waals surface area contributed by atoms with E-state index in [0.29, 0.717) is 13.1 Å². The van der Waals surface area contributed by atoms with Crippen LogP contribution in [0.1, 0.15) is 22.3 Å². The third kappa shape index (κ3) is 1.82. The first-order valence-electron chi connectivity index (χ1n) is 7.11. The molecular weight excluding hydrogens is 270 g/mol. The molecule has 4 heteroatoms. The van der Waals surface area contributed by atoms with E-state index in [9.17, 15) is 8.78 Å². The minimum absolute atomic E-state index is 0.190. The number of aryl methyl sites for hydroxylation is 2. The second-order valence-corrected chi connectivity index (χ2v) is 6.00. The van der Waals surface area contributed by atoms with Crippen LogP contribution < -0.4 is 9.80 Å². The molecule has 2 aliphatic heterocycles. The predicted octanol–water partition coefficient (Wildman–Crippen LogP) is 3.88. The monoisotopic (exact) mass is 286 g/mol. The third-order valence-electron chi connectivity index (χ3n) is 4.38. The summed E-state index contributed by atoms with van der Waals surface area (Å²) in [5, 5.41) is 0. The molecule has 0 radical (unpaired) electrons. The van der Waals surface area contributed by atoms with Gasteiger partial charge >= 0.3 is 0 Å². The van der Waals surface area contributed by atoms with E-state index in [1.165, 1.54) is 0 Å². The van der Waals surface area contributed by atoms with Gasteiger partial charge in [-0.2, -0.15) is 0 Å². The van der Waals surface area contributed by atoms with Crippen LogP contribution in [0.5, 0.6) is 0 Å². The molecule has 0 aromatic heterocycles. The first-order chi connectivity index (χ1) is 10.0. The van der Waals surface area contributed by atoms with Crippen molar-refractivity contribution < 1.29 is 8.78 Å². The Bertz CT molecular complexity index is 691. The number of hydrogen-bond acceptors (Lipinski definition) is 2. The van der Waals surface area contributed by atoms with E-state index in [2.05, 4.69) is 9.80 Å². The molecule has 2 aliphatic rings. The minimum atomic E-state index is -0.190. The molecule has 108 valence electrons. The molecule has 0 amide bonds. The minimum Gasteiger partial charge on any atom is -0.349 e. The lowest BCUT2D eigenvalue weighted by molar-refractivity contribution is 0.599. The summed E-state index contributed by atoms with van der Waals surface area (Å²) in [4.78, 5) is 4.41. The van der Waals surface area contributed by atoms with Crippen molar-refractivity contribution in [2.24, 2.45) is 0 Å². The van der Waals surface area contributed by atoms with Crippen LogP contribution >= 0.6 is 0 Å². The Morgan fingerprint density at radius 3 is 1.62 bits per heavy atom. The summed E-state index contributed by atoms with van der Waals surface area (Å²) in [6, 6.07) is 6.37. The van der Waals surface area contributed by atoms with E-state index in [1.807, 2.05) is 13.8 Å². The average molecular weight is 286 g/mol. The van der Waals surface area contributed by atoms with Crippen molar-refractivity contribution in [2.45, 2.75) is 26.9 Å².